The molecule has 0 N–H and O–H groups in total. The van der Waals surface area contributed by atoms with Gasteiger partial charge in [-0.1, -0.05) is 18.2 Å². The van der Waals surface area contributed by atoms with Gasteiger partial charge in [-0.25, -0.2) is 4.39 Å². The molecule has 1 aromatic rings. The normalized spacial score (nSPS) is 9.69. The summed E-state index contributed by atoms with van der Waals surface area (Å²) >= 11 is 0. The van der Waals surface area contributed by atoms with E-state index in [1.807, 2.05) is 0 Å². The maximum atomic E-state index is 13.3. The van der Waals surface area contributed by atoms with E-state index in [4.69, 9.17) is 4.74 Å². The molecule has 0 spiro atoms. The topological polar surface area (TPSA) is 9.23 Å². The van der Waals surface area contributed by atoms with Crippen molar-refractivity contribution in [2.75, 3.05) is 6.61 Å². The van der Waals surface area contributed by atoms with E-state index in [0.29, 0.717) is 17.9 Å². The summed E-state index contributed by atoms with van der Waals surface area (Å²) in [6.07, 6.45) is 2.47. The Morgan fingerprint density at radius 2 is 2.31 bits per heavy atom. The molecular formula is C11H13FO. The van der Waals surface area contributed by atoms with Crippen LogP contribution in [0.3, 0.4) is 0 Å². The van der Waals surface area contributed by atoms with E-state index in [1.165, 1.54) is 0 Å². The molecule has 0 bridgehead atoms. The molecule has 0 saturated carbocycles. The van der Waals surface area contributed by atoms with Gasteiger partial charge >= 0.3 is 0 Å². The molecule has 13 heavy (non-hydrogen) atoms. The minimum atomic E-state index is -0.272. The molecule has 0 fully saturated rings. The summed E-state index contributed by atoms with van der Waals surface area (Å²) in [6.45, 7) is 5.75. The molecule has 0 atom stereocenters. The fourth-order valence-corrected chi connectivity index (χ4v) is 0.984. The van der Waals surface area contributed by atoms with Gasteiger partial charge in [0.25, 0.3) is 0 Å². The van der Waals surface area contributed by atoms with Crippen molar-refractivity contribution < 1.29 is 9.13 Å². The predicted molar refractivity (Wildman–Crippen MR) is 51.4 cm³/mol. The SMILES string of the molecule is C=CCCOc1cccc(C)c1F. The highest BCUT2D eigenvalue weighted by molar-refractivity contribution is 5.29. The zero-order valence-electron chi connectivity index (χ0n) is 7.72. The van der Waals surface area contributed by atoms with Gasteiger partial charge in [0, 0.05) is 0 Å². The summed E-state index contributed by atoms with van der Waals surface area (Å²) in [5.74, 6) is 0.0495. The van der Waals surface area contributed by atoms with Gasteiger partial charge in [0.2, 0.25) is 0 Å². The predicted octanol–water partition coefficient (Wildman–Crippen LogP) is 3.09. The summed E-state index contributed by atoms with van der Waals surface area (Å²) in [6, 6.07) is 5.13. The lowest BCUT2D eigenvalue weighted by atomic mass is 10.2. The molecule has 0 radical (unpaired) electrons. The third-order valence-corrected chi connectivity index (χ3v) is 1.74. The second-order valence-corrected chi connectivity index (χ2v) is 2.81. The molecule has 0 aliphatic heterocycles. The molecule has 2 heteroatoms. The molecule has 1 aromatic carbocycles. The monoisotopic (exact) mass is 180 g/mol. The number of rotatable bonds is 4. The molecule has 70 valence electrons. The average Bonchev–Trinajstić information content (AvgIpc) is 2.13. The summed E-state index contributed by atoms with van der Waals surface area (Å²) in [4.78, 5) is 0. The third kappa shape index (κ3) is 2.58. The Kier molecular flexibility index (Phi) is 3.50. The lowest BCUT2D eigenvalue weighted by molar-refractivity contribution is 0.307. The Balaban J connectivity index is 2.65. The first-order chi connectivity index (χ1) is 6.25. The summed E-state index contributed by atoms with van der Waals surface area (Å²) in [5.41, 5.74) is 0.608. The van der Waals surface area contributed by atoms with Gasteiger partial charge in [-0.2, -0.15) is 0 Å². The average molecular weight is 180 g/mol. The van der Waals surface area contributed by atoms with Gasteiger partial charge in [0.05, 0.1) is 6.61 Å². The Morgan fingerprint density at radius 3 is 3.00 bits per heavy atom. The molecule has 0 unspecified atom stereocenters. The van der Waals surface area contributed by atoms with Crippen LogP contribution >= 0.6 is 0 Å². The second kappa shape index (κ2) is 4.65. The highest BCUT2D eigenvalue weighted by Crippen LogP contribution is 2.19. The van der Waals surface area contributed by atoms with Crippen LogP contribution in [-0.2, 0) is 0 Å². The fraction of sp³-hybridized carbons (Fsp3) is 0.273. The van der Waals surface area contributed by atoms with Crippen molar-refractivity contribution in [3.63, 3.8) is 0 Å². The van der Waals surface area contributed by atoms with Crippen molar-refractivity contribution in [2.24, 2.45) is 0 Å². The van der Waals surface area contributed by atoms with Crippen molar-refractivity contribution in [1.82, 2.24) is 0 Å². The number of ether oxygens (including phenoxy) is 1. The fourth-order valence-electron chi connectivity index (χ4n) is 0.984. The highest BCUT2D eigenvalue weighted by atomic mass is 19.1. The van der Waals surface area contributed by atoms with E-state index in [9.17, 15) is 4.39 Å². The highest BCUT2D eigenvalue weighted by Gasteiger charge is 2.04. The van der Waals surface area contributed by atoms with E-state index in [2.05, 4.69) is 6.58 Å². The first kappa shape index (κ1) is 9.78. The van der Waals surface area contributed by atoms with Crippen LogP contribution in [0, 0.1) is 12.7 Å². The minimum Gasteiger partial charge on any atom is -0.490 e. The van der Waals surface area contributed by atoms with Gasteiger partial charge in [0.15, 0.2) is 11.6 Å². The number of hydrogen-bond donors (Lipinski definition) is 0. The van der Waals surface area contributed by atoms with Crippen molar-refractivity contribution in [3.8, 4) is 5.75 Å². The molecular weight excluding hydrogens is 167 g/mol. The van der Waals surface area contributed by atoms with Gasteiger partial charge in [-0.3, -0.25) is 0 Å². The van der Waals surface area contributed by atoms with Gasteiger partial charge in [-0.05, 0) is 25.0 Å². The number of aryl methyl sites for hydroxylation is 1. The Bertz CT molecular complexity index is 294. The van der Waals surface area contributed by atoms with Crippen LogP contribution in [0.5, 0.6) is 5.75 Å². The van der Waals surface area contributed by atoms with Crippen LogP contribution in [0.2, 0.25) is 0 Å². The van der Waals surface area contributed by atoms with Crippen molar-refractivity contribution in [3.05, 3.63) is 42.2 Å². The molecule has 0 aromatic heterocycles. The molecule has 0 amide bonds. The lowest BCUT2D eigenvalue weighted by Gasteiger charge is -2.06. The van der Waals surface area contributed by atoms with Crippen LogP contribution in [0.4, 0.5) is 4.39 Å². The van der Waals surface area contributed by atoms with E-state index in [-0.39, 0.29) is 5.82 Å². The minimum absolute atomic E-state index is 0.272. The quantitative estimate of drug-likeness (QED) is 0.511. The van der Waals surface area contributed by atoms with Crippen LogP contribution < -0.4 is 4.74 Å². The zero-order chi connectivity index (χ0) is 9.68. The van der Waals surface area contributed by atoms with Crippen molar-refractivity contribution in [2.45, 2.75) is 13.3 Å². The number of halogens is 1. The molecule has 0 heterocycles. The molecule has 0 aliphatic rings. The maximum absolute atomic E-state index is 13.3. The number of hydrogen-bond acceptors (Lipinski definition) is 1. The smallest absolute Gasteiger partial charge is 0.167 e. The maximum Gasteiger partial charge on any atom is 0.167 e. The van der Waals surface area contributed by atoms with Crippen LogP contribution in [-0.4, -0.2) is 6.61 Å². The summed E-state index contributed by atoms with van der Waals surface area (Å²) < 4.78 is 18.5. The number of benzene rings is 1. The Hall–Kier alpha value is -1.31. The molecule has 0 saturated heterocycles. The van der Waals surface area contributed by atoms with E-state index >= 15 is 0 Å². The first-order valence-electron chi connectivity index (χ1n) is 4.24. The summed E-state index contributed by atoms with van der Waals surface area (Å²) in [7, 11) is 0. The van der Waals surface area contributed by atoms with Gasteiger partial charge < -0.3 is 4.74 Å². The Morgan fingerprint density at radius 1 is 1.54 bits per heavy atom. The van der Waals surface area contributed by atoms with E-state index in [0.717, 1.165) is 6.42 Å². The van der Waals surface area contributed by atoms with Crippen molar-refractivity contribution >= 4 is 0 Å². The largest absolute Gasteiger partial charge is 0.490 e. The second-order valence-electron chi connectivity index (χ2n) is 2.81. The molecule has 1 nitrogen and oxygen atoms in total. The van der Waals surface area contributed by atoms with Crippen molar-refractivity contribution in [1.29, 1.82) is 0 Å². The Labute approximate surface area is 77.8 Å². The summed E-state index contributed by atoms with van der Waals surface area (Å²) in [5, 5.41) is 0. The lowest BCUT2D eigenvalue weighted by Crippen LogP contribution is -1.98. The van der Waals surface area contributed by atoms with Crippen LogP contribution in [0.1, 0.15) is 12.0 Å². The van der Waals surface area contributed by atoms with E-state index in [1.54, 1.807) is 31.2 Å². The van der Waals surface area contributed by atoms with E-state index < -0.39 is 0 Å². The molecule has 0 aliphatic carbocycles. The third-order valence-electron chi connectivity index (χ3n) is 1.74. The van der Waals surface area contributed by atoms with Crippen LogP contribution in [0.25, 0.3) is 0 Å². The van der Waals surface area contributed by atoms with Crippen LogP contribution in [0.15, 0.2) is 30.9 Å². The molecule has 1 rings (SSSR count). The standard InChI is InChI=1S/C11H13FO/c1-3-4-8-13-10-7-5-6-9(2)11(10)12/h3,5-7H,1,4,8H2,2H3. The van der Waals surface area contributed by atoms with Gasteiger partial charge in [0.1, 0.15) is 0 Å². The van der Waals surface area contributed by atoms with Gasteiger partial charge in [-0.15, -0.1) is 6.58 Å². The first-order valence-corrected chi connectivity index (χ1v) is 4.24. The zero-order valence-corrected chi connectivity index (χ0v) is 7.72.